The molecule has 0 unspecified atom stereocenters. The maximum atomic E-state index is 14.2. The Labute approximate surface area is 152 Å². The molecule has 1 heterocycles. The minimum Gasteiger partial charge on any atom is -0.337 e. The van der Waals surface area contributed by atoms with Gasteiger partial charge in [-0.05, 0) is 25.0 Å². The lowest BCUT2D eigenvalue weighted by Crippen LogP contribution is -2.09. The summed E-state index contributed by atoms with van der Waals surface area (Å²) in [7, 11) is -4.17. The molecule has 1 fully saturated rings. The Morgan fingerprint density at radius 1 is 1.07 bits per heavy atom. The van der Waals surface area contributed by atoms with Gasteiger partial charge in [0.15, 0.2) is 9.84 Å². The van der Waals surface area contributed by atoms with E-state index in [1.807, 2.05) is 0 Å². The Kier molecular flexibility index (Phi) is 5.04. The minimum atomic E-state index is -4.74. The fraction of sp³-hybridized carbons (Fsp3) is 0.471. The van der Waals surface area contributed by atoms with Gasteiger partial charge in [-0.3, -0.25) is 0 Å². The largest absolute Gasteiger partial charge is 0.449 e. The summed E-state index contributed by atoms with van der Waals surface area (Å²) in [6.07, 6.45) is -0.181. The number of nitrogens with one attached hydrogen (secondary N) is 1. The summed E-state index contributed by atoms with van der Waals surface area (Å²) in [5.74, 6) is -4.21. The third-order valence-electron chi connectivity index (χ3n) is 4.66. The van der Waals surface area contributed by atoms with Crippen LogP contribution in [0.4, 0.5) is 22.0 Å². The van der Waals surface area contributed by atoms with Gasteiger partial charge in [0.25, 0.3) is 0 Å². The van der Waals surface area contributed by atoms with E-state index in [0.29, 0.717) is 31.2 Å². The van der Waals surface area contributed by atoms with Crippen molar-refractivity contribution in [3.8, 4) is 11.3 Å². The van der Waals surface area contributed by atoms with Crippen molar-refractivity contribution in [3.63, 3.8) is 0 Å². The zero-order valence-corrected chi connectivity index (χ0v) is 15.1. The van der Waals surface area contributed by atoms with E-state index in [1.54, 1.807) is 0 Å². The van der Waals surface area contributed by atoms with Crippen LogP contribution in [0.2, 0.25) is 0 Å². The molecule has 1 aliphatic rings. The average molecular weight is 408 g/mol. The molecule has 2 aromatic rings. The standard InChI is InChI=1S/C17H17F5N2O2S/c1-27(25,26)15-11(18)7-10(8-12(15)19)14-13(9-5-3-2-4-6-9)23-16(24-14)17(20,21)22/h7-9H,2-6H2,1H3,(H,23,24). The molecule has 0 aliphatic heterocycles. The normalized spacial score (nSPS) is 16.7. The third-order valence-corrected chi connectivity index (χ3v) is 5.79. The molecule has 0 saturated heterocycles. The SMILES string of the molecule is CS(=O)(=O)c1c(F)cc(-c2nc(C(F)(F)F)[nH]c2C2CCCCC2)cc1F. The van der Waals surface area contributed by atoms with E-state index in [9.17, 15) is 30.4 Å². The second-order valence-electron chi connectivity index (χ2n) is 6.72. The number of imidazole rings is 1. The van der Waals surface area contributed by atoms with E-state index in [1.165, 1.54) is 0 Å². The van der Waals surface area contributed by atoms with Crippen LogP contribution in [0.5, 0.6) is 0 Å². The zero-order chi connectivity index (χ0) is 20.0. The van der Waals surface area contributed by atoms with Crippen LogP contribution in [0.25, 0.3) is 11.3 Å². The predicted molar refractivity (Wildman–Crippen MR) is 87.9 cm³/mol. The first-order valence-corrected chi connectivity index (χ1v) is 10.2. The van der Waals surface area contributed by atoms with Gasteiger partial charge in [0.1, 0.15) is 16.5 Å². The van der Waals surface area contributed by atoms with Crippen molar-refractivity contribution >= 4 is 9.84 Å². The maximum Gasteiger partial charge on any atom is 0.449 e. The van der Waals surface area contributed by atoms with Crippen molar-refractivity contribution < 1.29 is 30.4 Å². The van der Waals surface area contributed by atoms with E-state index < -0.39 is 38.4 Å². The first kappa shape index (κ1) is 19.8. The molecule has 0 atom stereocenters. The van der Waals surface area contributed by atoms with Crippen LogP contribution < -0.4 is 0 Å². The molecule has 1 saturated carbocycles. The summed E-state index contributed by atoms with van der Waals surface area (Å²) in [5, 5.41) is 0. The molecular weight excluding hydrogens is 391 g/mol. The smallest absolute Gasteiger partial charge is 0.337 e. The lowest BCUT2D eigenvalue weighted by Gasteiger charge is -2.21. The molecule has 0 spiro atoms. The van der Waals surface area contributed by atoms with E-state index in [4.69, 9.17) is 0 Å². The van der Waals surface area contributed by atoms with Gasteiger partial charge < -0.3 is 4.98 Å². The molecule has 0 bridgehead atoms. The number of benzene rings is 1. The molecule has 0 amide bonds. The monoisotopic (exact) mass is 408 g/mol. The van der Waals surface area contributed by atoms with Crippen molar-refractivity contribution in [1.82, 2.24) is 9.97 Å². The minimum absolute atomic E-state index is 0.174. The Morgan fingerprint density at radius 3 is 2.11 bits per heavy atom. The molecule has 148 valence electrons. The molecule has 1 aromatic carbocycles. The van der Waals surface area contributed by atoms with Crippen molar-refractivity contribution in [2.75, 3.05) is 6.26 Å². The highest BCUT2D eigenvalue weighted by Crippen LogP contribution is 2.40. The summed E-state index contributed by atoms with van der Waals surface area (Å²) in [5.41, 5.74) is -0.260. The van der Waals surface area contributed by atoms with Crippen molar-refractivity contribution in [2.24, 2.45) is 0 Å². The van der Waals surface area contributed by atoms with Gasteiger partial charge in [-0.2, -0.15) is 13.2 Å². The Bertz CT molecular complexity index is 937. The topological polar surface area (TPSA) is 62.8 Å². The third kappa shape index (κ3) is 3.99. The first-order valence-electron chi connectivity index (χ1n) is 8.35. The average Bonchev–Trinajstić information content (AvgIpc) is 2.99. The summed E-state index contributed by atoms with van der Waals surface area (Å²) >= 11 is 0. The quantitative estimate of drug-likeness (QED) is 0.741. The first-order chi connectivity index (χ1) is 12.5. The van der Waals surface area contributed by atoms with Gasteiger partial charge in [-0.25, -0.2) is 22.2 Å². The van der Waals surface area contributed by atoms with E-state index in [0.717, 1.165) is 19.3 Å². The van der Waals surface area contributed by atoms with E-state index >= 15 is 0 Å². The molecular formula is C17H17F5N2O2S. The number of hydrogen-bond donors (Lipinski definition) is 1. The molecule has 27 heavy (non-hydrogen) atoms. The van der Waals surface area contributed by atoms with Crippen LogP contribution >= 0.6 is 0 Å². The number of alkyl halides is 3. The molecule has 1 N–H and O–H groups in total. The Morgan fingerprint density at radius 2 is 1.63 bits per heavy atom. The Balaban J connectivity index is 2.17. The number of halogens is 5. The number of rotatable bonds is 3. The number of hydrogen-bond acceptors (Lipinski definition) is 3. The summed E-state index contributed by atoms with van der Waals surface area (Å²) in [4.78, 5) is 4.70. The Hall–Kier alpha value is -1.97. The lowest BCUT2D eigenvalue weighted by atomic mass is 9.85. The fourth-order valence-electron chi connectivity index (χ4n) is 3.48. The molecule has 10 heteroatoms. The van der Waals surface area contributed by atoms with Crippen LogP contribution in [0, 0.1) is 11.6 Å². The van der Waals surface area contributed by atoms with Gasteiger partial charge in [0.05, 0.1) is 5.69 Å². The van der Waals surface area contributed by atoms with Gasteiger partial charge in [0, 0.05) is 23.4 Å². The van der Waals surface area contributed by atoms with Crippen molar-refractivity contribution in [1.29, 1.82) is 0 Å². The fourth-order valence-corrected chi connectivity index (χ4v) is 4.30. The lowest BCUT2D eigenvalue weighted by molar-refractivity contribution is -0.144. The van der Waals surface area contributed by atoms with Crippen molar-refractivity contribution in [3.05, 3.63) is 35.3 Å². The second-order valence-corrected chi connectivity index (χ2v) is 8.67. The number of aromatic amines is 1. The second kappa shape index (κ2) is 6.88. The van der Waals surface area contributed by atoms with E-state index in [-0.39, 0.29) is 22.9 Å². The molecule has 1 aromatic heterocycles. The van der Waals surface area contributed by atoms with Gasteiger partial charge in [-0.1, -0.05) is 19.3 Å². The van der Waals surface area contributed by atoms with Crippen molar-refractivity contribution in [2.45, 2.75) is 49.1 Å². The van der Waals surface area contributed by atoms with Crippen LogP contribution in [0.1, 0.15) is 49.5 Å². The molecule has 1 aliphatic carbocycles. The summed E-state index contributed by atoms with van der Waals surface area (Å²) in [6, 6.07) is 1.42. The number of sulfone groups is 1. The van der Waals surface area contributed by atoms with Crippen LogP contribution in [0.15, 0.2) is 17.0 Å². The van der Waals surface area contributed by atoms with Crippen LogP contribution in [-0.4, -0.2) is 24.6 Å². The highest BCUT2D eigenvalue weighted by atomic mass is 32.2. The maximum absolute atomic E-state index is 14.2. The van der Waals surface area contributed by atoms with Crippen LogP contribution in [0.3, 0.4) is 0 Å². The van der Waals surface area contributed by atoms with Crippen LogP contribution in [-0.2, 0) is 16.0 Å². The molecule has 0 radical (unpaired) electrons. The highest BCUT2D eigenvalue weighted by Gasteiger charge is 2.37. The van der Waals surface area contributed by atoms with Gasteiger partial charge in [0.2, 0.25) is 5.82 Å². The molecule has 3 rings (SSSR count). The van der Waals surface area contributed by atoms with Gasteiger partial charge >= 0.3 is 6.18 Å². The number of H-pyrrole nitrogens is 1. The zero-order valence-electron chi connectivity index (χ0n) is 14.3. The predicted octanol–water partition coefficient (Wildman–Crippen LogP) is 4.82. The highest BCUT2D eigenvalue weighted by molar-refractivity contribution is 7.90. The van der Waals surface area contributed by atoms with Gasteiger partial charge in [-0.15, -0.1) is 0 Å². The number of nitrogens with zero attached hydrogens (tertiary/aromatic N) is 1. The number of aromatic nitrogens is 2. The summed E-state index contributed by atoms with van der Waals surface area (Å²) in [6.45, 7) is 0. The summed E-state index contributed by atoms with van der Waals surface area (Å²) < 4.78 is 90.9. The molecule has 4 nitrogen and oxygen atoms in total. The van der Waals surface area contributed by atoms with E-state index in [2.05, 4.69) is 9.97 Å².